The molecule has 0 aromatic heterocycles. The Labute approximate surface area is 237 Å². The number of hydrogen-bond acceptors (Lipinski definition) is 5. The van der Waals surface area contributed by atoms with Gasteiger partial charge in [0.15, 0.2) is 0 Å². The zero-order chi connectivity index (χ0) is 27.7. The summed E-state index contributed by atoms with van der Waals surface area (Å²) in [6.45, 7) is -0.168. The lowest BCUT2D eigenvalue weighted by Gasteiger charge is -2.21. The number of para-hydroxylation sites is 1. The summed E-state index contributed by atoms with van der Waals surface area (Å²) in [5.41, 5.74) is 4.70. The Morgan fingerprint density at radius 2 is 1.54 bits per heavy atom. The van der Waals surface area contributed by atoms with Crippen molar-refractivity contribution in [1.82, 2.24) is 9.73 Å². The molecule has 4 aromatic rings. The van der Waals surface area contributed by atoms with E-state index in [1.165, 1.54) is 30.5 Å². The van der Waals surface area contributed by atoms with E-state index >= 15 is 0 Å². The summed E-state index contributed by atoms with van der Waals surface area (Å²) < 4.78 is 33.8. The van der Waals surface area contributed by atoms with Crippen LogP contribution in [0.25, 0.3) is 0 Å². The van der Waals surface area contributed by atoms with Gasteiger partial charge in [-0.2, -0.15) is 9.41 Å². The SMILES string of the molecule is O=C(CN(Cc1cccc(Cl)c1)S(=O)(=O)c1ccc(Cl)cc1)N/N=C\c1ccccc1OCc1ccccc1. The van der Waals surface area contributed by atoms with Crippen LogP contribution < -0.4 is 10.2 Å². The van der Waals surface area contributed by atoms with Crippen molar-refractivity contribution in [2.75, 3.05) is 6.54 Å². The van der Waals surface area contributed by atoms with Crippen LogP contribution in [0, 0.1) is 0 Å². The smallest absolute Gasteiger partial charge is 0.255 e. The number of ether oxygens (including phenoxy) is 1. The van der Waals surface area contributed by atoms with Gasteiger partial charge in [0.1, 0.15) is 12.4 Å². The first-order chi connectivity index (χ1) is 18.8. The zero-order valence-corrected chi connectivity index (χ0v) is 23.0. The highest BCUT2D eigenvalue weighted by Crippen LogP contribution is 2.22. The van der Waals surface area contributed by atoms with E-state index in [0.717, 1.165) is 9.87 Å². The average molecular weight is 583 g/mol. The van der Waals surface area contributed by atoms with Gasteiger partial charge >= 0.3 is 0 Å². The van der Waals surface area contributed by atoms with Gasteiger partial charge in [-0.3, -0.25) is 4.79 Å². The van der Waals surface area contributed by atoms with Crippen molar-refractivity contribution in [1.29, 1.82) is 0 Å². The normalized spacial score (nSPS) is 11.6. The Hall–Kier alpha value is -3.69. The lowest BCUT2D eigenvalue weighted by atomic mass is 10.2. The Morgan fingerprint density at radius 3 is 2.28 bits per heavy atom. The minimum atomic E-state index is -4.04. The van der Waals surface area contributed by atoms with Crippen LogP contribution in [0.2, 0.25) is 10.0 Å². The molecule has 0 saturated heterocycles. The molecule has 10 heteroatoms. The van der Waals surface area contributed by atoms with E-state index in [-0.39, 0.29) is 11.4 Å². The molecule has 200 valence electrons. The third-order valence-corrected chi connectivity index (χ3v) is 7.86. The summed E-state index contributed by atoms with van der Waals surface area (Å²) in [6.07, 6.45) is 1.45. The molecule has 0 aliphatic heterocycles. The topological polar surface area (TPSA) is 88.1 Å². The number of benzene rings is 4. The van der Waals surface area contributed by atoms with E-state index < -0.39 is 22.5 Å². The van der Waals surface area contributed by atoms with Crippen molar-refractivity contribution in [3.8, 4) is 5.75 Å². The Bertz CT molecular complexity index is 1550. The second-order valence-electron chi connectivity index (χ2n) is 8.46. The van der Waals surface area contributed by atoms with Crippen LogP contribution in [0.15, 0.2) is 113 Å². The van der Waals surface area contributed by atoms with Crippen LogP contribution in [0.5, 0.6) is 5.75 Å². The number of carbonyl (C=O) groups is 1. The number of nitrogens with one attached hydrogen (secondary N) is 1. The van der Waals surface area contributed by atoms with Crippen LogP contribution >= 0.6 is 23.2 Å². The van der Waals surface area contributed by atoms with Crippen LogP contribution in [0.4, 0.5) is 0 Å². The fraction of sp³-hybridized carbons (Fsp3) is 0.103. The van der Waals surface area contributed by atoms with Gasteiger partial charge in [-0.25, -0.2) is 13.8 Å². The van der Waals surface area contributed by atoms with Gasteiger partial charge in [-0.05, 0) is 59.7 Å². The summed E-state index contributed by atoms with van der Waals surface area (Å²) in [5.74, 6) is -0.0271. The highest BCUT2D eigenvalue weighted by Gasteiger charge is 2.27. The fourth-order valence-electron chi connectivity index (χ4n) is 3.64. The Kier molecular flexibility index (Phi) is 9.73. The number of rotatable bonds is 11. The molecule has 0 aliphatic carbocycles. The van der Waals surface area contributed by atoms with Crippen LogP contribution in [0.3, 0.4) is 0 Å². The molecule has 0 atom stereocenters. The van der Waals surface area contributed by atoms with Gasteiger partial charge in [-0.15, -0.1) is 0 Å². The molecular weight excluding hydrogens is 557 g/mol. The highest BCUT2D eigenvalue weighted by molar-refractivity contribution is 7.89. The van der Waals surface area contributed by atoms with Crippen LogP contribution in [-0.4, -0.2) is 31.4 Å². The van der Waals surface area contributed by atoms with E-state index in [9.17, 15) is 13.2 Å². The monoisotopic (exact) mass is 581 g/mol. The number of nitrogens with zero attached hydrogens (tertiary/aromatic N) is 2. The molecule has 0 saturated carbocycles. The van der Waals surface area contributed by atoms with E-state index in [1.54, 1.807) is 36.4 Å². The zero-order valence-electron chi connectivity index (χ0n) is 20.7. The maximum atomic E-state index is 13.4. The largest absolute Gasteiger partial charge is 0.488 e. The van der Waals surface area contributed by atoms with Gasteiger partial charge in [0.25, 0.3) is 5.91 Å². The Morgan fingerprint density at radius 1 is 0.846 bits per heavy atom. The molecule has 7 nitrogen and oxygen atoms in total. The summed E-state index contributed by atoms with van der Waals surface area (Å²) in [6, 6.07) is 29.5. The third-order valence-electron chi connectivity index (χ3n) is 5.57. The summed E-state index contributed by atoms with van der Waals surface area (Å²) in [4.78, 5) is 12.8. The van der Waals surface area contributed by atoms with Crippen molar-refractivity contribution >= 4 is 45.3 Å². The second kappa shape index (κ2) is 13.4. The predicted octanol–water partition coefficient (Wildman–Crippen LogP) is 5.91. The second-order valence-corrected chi connectivity index (χ2v) is 11.3. The van der Waals surface area contributed by atoms with Crippen LogP contribution in [0.1, 0.15) is 16.7 Å². The molecule has 39 heavy (non-hydrogen) atoms. The maximum absolute atomic E-state index is 13.4. The lowest BCUT2D eigenvalue weighted by molar-refractivity contribution is -0.121. The summed E-state index contributed by atoms with van der Waals surface area (Å²) in [5, 5.41) is 4.89. The molecule has 4 aromatic carbocycles. The molecule has 1 amide bonds. The molecule has 0 heterocycles. The van der Waals surface area contributed by atoms with Crippen molar-refractivity contribution in [3.05, 3.63) is 130 Å². The molecule has 0 unspecified atom stereocenters. The van der Waals surface area contributed by atoms with Crippen molar-refractivity contribution < 1.29 is 17.9 Å². The van der Waals surface area contributed by atoms with Gasteiger partial charge in [0.2, 0.25) is 10.0 Å². The minimum Gasteiger partial charge on any atom is -0.488 e. The fourth-order valence-corrected chi connectivity index (χ4v) is 5.37. The van der Waals surface area contributed by atoms with E-state index in [0.29, 0.717) is 33.5 Å². The predicted molar refractivity (Wildman–Crippen MR) is 153 cm³/mol. The van der Waals surface area contributed by atoms with Crippen molar-refractivity contribution in [3.63, 3.8) is 0 Å². The van der Waals surface area contributed by atoms with Crippen molar-refractivity contribution in [2.24, 2.45) is 5.10 Å². The highest BCUT2D eigenvalue weighted by atomic mass is 35.5. The van der Waals surface area contributed by atoms with Crippen LogP contribution in [-0.2, 0) is 28.0 Å². The molecule has 0 spiro atoms. The van der Waals surface area contributed by atoms with E-state index in [2.05, 4.69) is 10.5 Å². The molecule has 0 bridgehead atoms. The number of halogens is 2. The van der Waals surface area contributed by atoms with Gasteiger partial charge < -0.3 is 4.74 Å². The van der Waals surface area contributed by atoms with E-state index in [1.807, 2.05) is 42.5 Å². The molecule has 4 rings (SSSR count). The summed E-state index contributed by atoms with van der Waals surface area (Å²) in [7, 11) is -4.04. The molecule has 0 fully saturated rings. The Balaban J connectivity index is 1.46. The number of sulfonamides is 1. The third kappa shape index (κ3) is 8.15. The first kappa shape index (κ1) is 28.3. The standard InChI is InChI=1S/C29H25Cl2N3O4S/c30-25-13-15-27(16-14-25)39(36,37)34(19-23-9-6-11-26(31)17-23)20-29(35)33-32-18-24-10-4-5-12-28(24)38-21-22-7-2-1-3-8-22/h1-18H,19-21H2,(H,33,35)/b32-18-. The van der Waals surface area contributed by atoms with Gasteiger partial charge in [0, 0.05) is 22.2 Å². The van der Waals surface area contributed by atoms with Gasteiger partial charge in [-0.1, -0.05) is 77.8 Å². The number of hydrogen-bond donors (Lipinski definition) is 1. The quantitative estimate of drug-likeness (QED) is 0.176. The van der Waals surface area contributed by atoms with Crippen molar-refractivity contribution in [2.45, 2.75) is 18.0 Å². The number of amides is 1. The lowest BCUT2D eigenvalue weighted by Crippen LogP contribution is -2.39. The minimum absolute atomic E-state index is 0.00900. The molecule has 1 N–H and O–H groups in total. The molecule has 0 aliphatic rings. The average Bonchev–Trinajstić information content (AvgIpc) is 2.93. The maximum Gasteiger partial charge on any atom is 0.255 e. The summed E-state index contributed by atoms with van der Waals surface area (Å²) >= 11 is 12.0. The van der Waals surface area contributed by atoms with E-state index in [4.69, 9.17) is 27.9 Å². The molecular formula is C29H25Cl2N3O4S. The first-order valence-electron chi connectivity index (χ1n) is 11.9. The number of carbonyl (C=O) groups excluding carboxylic acids is 1. The first-order valence-corrected chi connectivity index (χ1v) is 14.1. The number of hydrazone groups is 1. The van der Waals surface area contributed by atoms with Gasteiger partial charge in [0.05, 0.1) is 17.7 Å². The molecule has 0 radical (unpaired) electrons.